The number of carbonyl (C=O) groups is 1. The summed E-state index contributed by atoms with van der Waals surface area (Å²) in [5.41, 5.74) is 5.99. The lowest BCUT2D eigenvalue weighted by Gasteiger charge is -2.27. The normalized spacial score (nSPS) is 27.3. The molecule has 14 heavy (non-hydrogen) atoms. The van der Waals surface area contributed by atoms with Crippen molar-refractivity contribution in [3.63, 3.8) is 0 Å². The van der Waals surface area contributed by atoms with Crippen molar-refractivity contribution in [1.82, 2.24) is 0 Å². The van der Waals surface area contributed by atoms with Gasteiger partial charge in [-0.1, -0.05) is 12.8 Å². The van der Waals surface area contributed by atoms with Crippen LogP contribution >= 0.6 is 11.8 Å². The third-order valence-corrected chi connectivity index (χ3v) is 4.07. The van der Waals surface area contributed by atoms with Crippen molar-refractivity contribution in [3.05, 3.63) is 0 Å². The molecule has 0 aromatic rings. The molecule has 2 atom stereocenters. The largest absolute Gasteiger partial charge is 0.469 e. The molecule has 0 bridgehead atoms. The summed E-state index contributed by atoms with van der Waals surface area (Å²) in [6.07, 6.45) is 5.38. The Balaban J connectivity index is 2.13. The van der Waals surface area contributed by atoms with E-state index in [1.165, 1.54) is 26.4 Å². The highest BCUT2D eigenvalue weighted by molar-refractivity contribution is 7.99. The van der Waals surface area contributed by atoms with Crippen molar-refractivity contribution >= 4 is 17.7 Å². The topological polar surface area (TPSA) is 52.3 Å². The molecule has 0 aromatic heterocycles. The van der Waals surface area contributed by atoms with Gasteiger partial charge in [-0.25, -0.2) is 0 Å². The van der Waals surface area contributed by atoms with Gasteiger partial charge in [0.15, 0.2) is 0 Å². The average Bonchev–Trinajstić information content (AvgIpc) is 2.20. The van der Waals surface area contributed by atoms with E-state index < -0.39 is 0 Å². The Morgan fingerprint density at radius 2 is 2.21 bits per heavy atom. The third-order valence-electron chi connectivity index (χ3n) is 2.62. The van der Waals surface area contributed by atoms with Crippen LogP contribution in [-0.2, 0) is 9.53 Å². The van der Waals surface area contributed by atoms with Crippen LogP contribution in [0.15, 0.2) is 0 Å². The molecule has 0 saturated heterocycles. The van der Waals surface area contributed by atoms with Gasteiger partial charge in [0.1, 0.15) is 0 Å². The second-order valence-electron chi connectivity index (χ2n) is 3.68. The first-order chi connectivity index (χ1) is 6.74. The minimum Gasteiger partial charge on any atom is -0.469 e. The molecule has 4 heteroatoms. The van der Waals surface area contributed by atoms with Crippen molar-refractivity contribution in [3.8, 4) is 0 Å². The Labute approximate surface area is 89.8 Å². The lowest BCUT2D eigenvalue weighted by atomic mass is 9.96. The number of esters is 1. The van der Waals surface area contributed by atoms with Crippen LogP contribution < -0.4 is 5.73 Å². The molecule has 0 amide bonds. The van der Waals surface area contributed by atoms with E-state index in [9.17, 15) is 4.79 Å². The molecule has 1 aliphatic rings. The van der Waals surface area contributed by atoms with E-state index in [1.807, 2.05) is 11.8 Å². The summed E-state index contributed by atoms with van der Waals surface area (Å²) >= 11 is 1.82. The number of thioether (sulfide) groups is 1. The zero-order chi connectivity index (χ0) is 10.4. The molecule has 2 N–H and O–H groups in total. The van der Waals surface area contributed by atoms with E-state index in [2.05, 4.69) is 4.74 Å². The summed E-state index contributed by atoms with van der Waals surface area (Å²) in [4.78, 5) is 10.9. The van der Waals surface area contributed by atoms with E-state index in [4.69, 9.17) is 5.73 Å². The Morgan fingerprint density at radius 3 is 2.86 bits per heavy atom. The zero-order valence-electron chi connectivity index (χ0n) is 8.70. The quantitative estimate of drug-likeness (QED) is 0.726. The van der Waals surface area contributed by atoms with E-state index in [0.29, 0.717) is 17.7 Å². The maximum absolute atomic E-state index is 10.9. The number of hydrogen-bond acceptors (Lipinski definition) is 4. The maximum atomic E-state index is 10.9. The molecule has 1 saturated carbocycles. The van der Waals surface area contributed by atoms with Gasteiger partial charge in [-0.05, 0) is 12.8 Å². The minimum absolute atomic E-state index is 0.123. The first-order valence-electron chi connectivity index (χ1n) is 5.18. The summed E-state index contributed by atoms with van der Waals surface area (Å²) < 4.78 is 4.58. The molecule has 1 aliphatic carbocycles. The first kappa shape index (κ1) is 11.9. The fourth-order valence-corrected chi connectivity index (χ4v) is 3.03. The number of rotatable bonds is 4. The van der Waals surface area contributed by atoms with Crippen LogP contribution in [0.25, 0.3) is 0 Å². The fourth-order valence-electron chi connectivity index (χ4n) is 1.73. The average molecular weight is 217 g/mol. The summed E-state index contributed by atoms with van der Waals surface area (Å²) in [5.74, 6) is 0.715. The van der Waals surface area contributed by atoms with Gasteiger partial charge in [0.25, 0.3) is 0 Å². The molecule has 2 unspecified atom stereocenters. The van der Waals surface area contributed by atoms with Gasteiger partial charge in [-0.3, -0.25) is 4.79 Å². The second-order valence-corrected chi connectivity index (χ2v) is 5.03. The van der Waals surface area contributed by atoms with Crippen molar-refractivity contribution in [2.75, 3.05) is 12.9 Å². The Hall–Kier alpha value is -0.220. The van der Waals surface area contributed by atoms with Gasteiger partial charge in [-0.15, -0.1) is 0 Å². The van der Waals surface area contributed by atoms with Crippen LogP contribution in [0.4, 0.5) is 0 Å². The standard InChI is InChI=1S/C10H19NO2S/c1-13-10(12)6-7-14-9-5-3-2-4-8(9)11/h8-9H,2-7,11H2,1H3. The van der Waals surface area contributed by atoms with Gasteiger partial charge in [0.05, 0.1) is 13.5 Å². The van der Waals surface area contributed by atoms with Crippen molar-refractivity contribution in [2.24, 2.45) is 5.73 Å². The molecular formula is C10H19NO2S. The molecular weight excluding hydrogens is 198 g/mol. The van der Waals surface area contributed by atoms with Crippen molar-refractivity contribution in [1.29, 1.82) is 0 Å². The van der Waals surface area contributed by atoms with Gasteiger partial charge >= 0.3 is 5.97 Å². The van der Waals surface area contributed by atoms with Crippen LogP contribution in [0.3, 0.4) is 0 Å². The smallest absolute Gasteiger partial charge is 0.306 e. The second kappa shape index (κ2) is 6.30. The number of methoxy groups -OCH3 is 1. The van der Waals surface area contributed by atoms with E-state index >= 15 is 0 Å². The third kappa shape index (κ3) is 3.88. The molecule has 3 nitrogen and oxygen atoms in total. The van der Waals surface area contributed by atoms with Crippen LogP contribution in [0.2, 0.25) is 0 Å². The number of ether oxygens (including phenoxy) is 1. The van der Waals surface area contributed by atoms with Crippen LogP contribution in [0, 0.1) is 0 Å². The van der Waals surface area contributed by atoms with Crippen LogP contribution in [-0.4, -0.2) is 30.1 Å². The van der Waals surface area contributed by atoms with Crippen molar-refractivity contribution in [2.45, 2.75) is 43.4 Å². The Kier molecular flexibility index (Phi) is 5.33. The summed E-state index contributed by atoms with van der Waals surface area (Å²) in [6.45, 7) is 0. The molecule has 0 heterocycles. The van der Waals surface area contributed by atoms with E-state index in [1.54, 1.807) is 0 Å². The Bertz CT molecular complexity index is 187. The van der Waals surface area contributed by atoms with E-state index in [-0.39, 0.29) is 5.97 Å². The molecule has 1 fully saturated rings. The lowest BCUT2D eigenvalue weighted by molar-refractivity contribution is -0.140. The molecule has 0 aromatic carbocycles. The predicted octanol–water partition coefficient (Wildman–Crippen LogP) is 1.55. The van der Waals surface area contributed by atoms with Gasteiger partial charge in [0.2, 0.25) is 0 Å². The van der Waals surface area contributed by atoms with E-state index in [0.717, 1.165) is 12.2 Å². The summed E-state index contributed by atoms with van der Waals surface area (Å²) in [6, 6.07) is 0.325. The summed E-state index contributed by atoms with van der Waals surface area (Å²) in [7, 11) is 1.43. The number of carbonyl (C=O) groups excluding carboxylic acids is 1. The van der Waals surface area contributed by atoms with Crippen LogP contribution in [0.1, 0.15) is 32.1 Å². The molecule has 82 valence electrons. The molecule has 0 spiro atoms. The summed E-state index contributed by atoms with van der Waals surface area (Å²) in [5, 5.41) is 0.549. The SMILES string of the molecule is COC(=O)CCSC1CCCCC1N. The van der Waals surface area contributed by atoms with Gasteiger partial charge in [0, 0.05) is 17.0 Å². The fraction of sp³-hybridized carbons (Fsp3) is 0.900. The molecule has 0 radical (unpaired) electrons. The van der Waals surface area contributed by atoms with Gasteiger partial charge < -0.3 is 10.5 Å². The highest BCUT2D eigenvalue weighted by Crippen LogP contribution is 2.27. The predicted molar refractivity (Wildman–Crippen MR) is 59.3 cm³/mol. The minimum atomic E-state index is -0.123. The number of nitrogens with two attached hydrogens (primary N) is 1. The zero-order valence-corrected chi connectivity index (χ0v) is 9.52. The van der Waals surface area contributed by atoms with Gasteiger partial charge in [-0.2, -0.15) is 11.8 Å². The lowest BCUT2D eigenvalue weighted by Crippen LogP contribution is -2.35. The van der Waals surface area contributed by atoms with Crippen molar-refractivity contribution < 1.29 is 9.53 Å². The maximum Gasteiger partial charge on any atom is 0.306 e. The molecule has 0 aliphatic heterocycles. The monoisotopic (exact) mass is 217 g/mol. The highest BCUT2D eigenvalue weighted by Gasteiger charge is 2.21. The van der Waals surface area contributed by atoms with Crippen LogP contribution in [0.5, 0.6) is 0 Å². The first-order valence-corrected chi connectivity index (χ1v) is 6.23. The Morgan fingerprint density at radius 1 is 1.50 bits per heavy atom. The highest BCUT2D eigenvalue weighted by atomic mass is 32.2. The molecule has 1 rings (SSSR count). The number of hydrogen-bond donors (Lipinski definition) is 1.